The molecule has 2 saturated heterocycles. The minimum atomic E-state index is -0.584. The smallest absolute Gasteiger partial charge is 0.407 e. The van der Waals surface area contributed by atoms with E-state index in [0.29, 0.717) is 37.0 Å². The molecular weight excluding hydrogens is 436 g/mol. The highest BCUT2D eigenvalue weighted by Crippen LogP contribution is 2.68. The molecule has 2 heterocycles. The first-order chi connectivity index (χ1) is 16.1. The van der Waals surface area contributed by atoms with E-state index in [-0.39, 0.29) is 24.3 Å². The summed E-state index contributed by atoms with van der Waals surface area (Å²) in [6.45, 7) is 9.35. The molecule has 8 heteroatoms. The molecule has 1 aromatic carbocycles. The van der Waals surface area contributed by atoms with Crippen molar-refractivity contribution in [2.45, 2.75) is 82.3 Å². The third kappa shape index (κ3) is 3.74. The van der Waals surface area contributed by atoms with E-state index in [9.17, 15) is 9.90 Å². The lowest BCUT2D eigenvalue weighted by Gasteiger charge is -2.74. The van der Waals surface area contributed by atoms with E-state index in [0.717, 1.165) is 31.2 Å². The number of nitrogens with one attached hydrogen (secondary N) is 1. The molecule has 1 amide bonds. The number of carbonyl (C=O) groups excluding carboxylic acids is 1. The summed E-state index contributed by atoms with van der Waals surface area (Å²) in [6, 6.07) is 4.99. The summed E-state index contributed by atoms with van der Waals surface area (Å²) >= 11 is 0. The number of phenolic OH excluding ortho intramolecular Hbond substituents is 1. The second-order valence-corrected chi connectivity index (χ2v) is 11.3. The number of benzene rings is 1. The molecule has 1 saturated carbocycles. The van der Waals surface area contributed by atoms with Gasteiger partial charge >= 0.3 is 6.09 Å². The van der Waals surface area contributed by atoms with Crippen molar-refractivity contribution >= 4 is 6.09 Å². The molecule has 2 aliphatic carbocycles. The van der Waals surface area contributed by atoms with Crippen LogP contribution in [0.1, 0.15) is 58.1 Å². The van der Waals surface area contributed by atoms with Gasteiger partial charge in [0, 0.05) is 35.4 Å². The van der Waals surface area contributed by atoms with E-state index in [1.807, 2.05) is 26.8 Å². The zero-order valence-corrected chi connectivity index (χ0v) is 21.0. The summed E-state index contributed by atoms with van der Waals surface area (Å²) < 4.78 is 23.5. The van der Waals surface area contributed by atoms with Gasteiger partial charge in [0.15, 0.2) is 17.3 Å². The summed E-state index contributed by atoms with van der Waals surface area (Å²) in [4.78, 5) is 14.4. The predicted molar refractivity (Wildman–Crippen MR) is 126 cm³/mol. The Morgan fingerprint density at radius 2 is 2.00 bits per heavy atom. The number of fused-ring (bicyclic) bond motifs is 2. The van der Waals surface area contributed by atoms with Gasteiger partial charge in [0.2, 0.25) is 0 Å². The molecule has 4 unspecified atom stereocenters. The summed E-state index contributed by atoms with van der Waals surface area (Å²) in [5.41, 5.74) is 1.48. The molecule has 8 nitrogen and oxygen atoms in total. The van der Waals surface area contributed by atoms with Gasteiger partial charge < -0.3 is 29.4 Å². The van der Waals surface area contributed by atoms with Crippen LogP contribution in [0.15, 0.2) is 12.1 Å². The average molecular weight is 475 g/mol. The third-order valence-corrected chi connectivity index (χ3v) is 8.21. The Hall–Kier alpha value is -2.03. The van der Waals surface area contributed by atoms with Crippen molar-refractivity contribution in [2.24, 2.45) is 5.92 Å². The maximum atomic E-state index is 11.9. The average Bonchev–Trinajstić information content (AvgIpc) is 3.21. The molecule has 34 heavy (non-hydrogen) atoms. The van der Waals surface area contributed by atoms with E-state index in [2.05, 4.69) is 30.3 Å². The number of likely N-dealkylation sites (tertiary alicyclic amines) is 1. The van der Waals surface area contributed by atoms with Crippen molar-refractivity contribution < 1.29 is 28.8 Å². The van der Waals surface area contributed by atoms with Gasteiger partial charge in [-0.05, 0) is 58.7 Å². The molecule has 0 radical (unpaired) electrons. The van der Waals surface area contributed by atoms with Crippen LogP contribution >= 0.6 is 0 Å². The summed E-state index contributed by atoms with van der Waals surface area (Å²) in [6.07, 6.45) is 2.99. The van der Waals surface area contributed by atoms with Crippen LogP contribution in [0.25, 0.3) is 0 Å². The fourth-order valence-electron chi connectivity index (χ4n) is 6.80. The van der Waals surface area contributed by atoms with Gasteiger partial charge in [-0.2, -0.15) is 0 Å². The maximum Gasteiger partial charge on any atom is 0.407 e. The normalized spacial score (nSPS) is 31.0. The molecule has 4 aliphatic rings. The van der Waals surface area contributed by atoms with Crippen LogP contribution in [0, 0.1) is 5.92 Å². The summed E-state index contributed by atoms with van der Waals surface area (Å²) in [5.74, 6) is 0.595. The number of amides is 1. The highest BCUT2D eigenvalue weighted by atomic mass is 16.7. The minimum Gasteiger partial charge on any atom is -0.504 e. The Bertz CT molecular complexity index is 953. The lowest BCUT2D eigenvalue weighted by molar-refractivity contribution is -0.234. The summed E-state index contributed by atoms with van der Waals surface area (Å²) in [7, 11) is 2.22. The Morgan fingerprint density at radius 3 is 2.68 bits per heavy atom. The predicted octanol–water partition coefficient (Wildman–Crippen LogP) is 3.34. The second-order valence-electron chi connectivity index (χ2n) is 11.3. The quantitative estimate of drug-likeness (QED) is 0.586. The Morgan fingerprint density at radius 1 is 1.26 bits per heavy atom. The largest absolute Gasteiger partial charge is 0.504 e. The molecule has 0 spiro atoms. The zero-order chi connectivity index (χ0) is 24.3. The fourth-order valence-corrected chi connectivity index (χ4v) is 6.80. The van der Waals surface area contributed by atoms with E-state index in [1.54, 1.807) is 0 Å². The van der Waals surface area contributed by atoms with Gasteiger partial charge in [-0.3, -0.25) is 4.90 Å². The van der Waals surface area contributed by atoms with E-state index >= 15 is 0 Å². The molecule has 5 rings (SSSR count). The standard InChI is InChI=1S/C26H38N2O6/c1-6-26(32-11-12-33-26)15-25-14-18-21(25)17(28(18)5)13-16-7-8-19(22(29)20(16)25)31-10-9-27-23(30)34-24(2,3)4/h7-8,17-18,21,29H,6,9-15H2,1-5H3,(H,27,30). The topological polar surface area (TPSA) is 89.5 Å². The van der Waals surface area contributed by atoms with Crippen molar-refractivity contribution in [3.8, 4) is 11.5 Å². The molecular formula is C26H38N2O6. The number of nitrogens with zero attached hydrogens (tertiary/aromatic N) is 1. The van der Waals surface area contributed by atoms with Crippen molar-refractivity contribution in [3.05, 3.63) is 23.3 Å². The number of aromatic hydroxyl groups is 1. The molecule has 0 bridgehead atoms. The molecule has 1 aromatic rings. The number of alkyl carbamates (subject to hydrolysis) is 1. The number of hydrogen-bond donors (Lipinski definition) is 2. The van der Waals surface area contributed by atoms with Crippen LogP contribution in [0.2, 0.25) is 0 Å². The van der Waals surface area contributed by atoms with Gasteiger partial charge in [-0.15, -0.1) is 0 Å². The SMILES string of the molecule is CCC1(CC23CC4C2C(Cc2ccc(OCCNC(=O)OC(C)(C)C)c(O)c23)N4C)OCCO1. The van der Waals surface area contributed by atoms with Crippen molar-refractivity contribution in [1.29, 1.82) is 0 Å². The van der Waals surface area contributed by atoms with Crippen LogP contribution in [-0.4, -0.2) is 73.0 Å². The maximum absolute atomic E-state index is 11.9. The second kappa shape index (κ2) is 8.28. The molecule has 3 fully saturated rings. The highest BCUT2D eigenvalue weighted by Gasteiger charge is 2.71. The van der Waals surface area contributed by atoms with Gasteiger partial charge in [-0.25, -0.2) is 4.79 Å². The van der Waals surface area contributed by atoms with E-state index < -0.39 is 17.5 Å². The van der Waals surface area contributed by atoms with Gasteiger partial charge in [0.1, 0.15) is 12.2 Å². The molecule has 4 atom stereocenters. The first-order valence-electron chi connectivity index (χ1n) is 12.5. The Balaban J connectivity index is 1.35. The lowest BCUT2D eigenvalue weighted by Crippen LogP contribution is -2.80. The number of phenols is 1. The number of rotatable bonds is 7. The van der Waals surface area contributed by atoms with Crippen LogP contribution in [-0.2, 0) is 26.0 Å². The number of hydrogen-bond acceptors (Lipinski definition) is 7. The highest BCUT2D eigenvalue weighted by molar-refractivity contribution is 5.67. The number of piperidine rings is 1. The third-order valence-electron chi connectivity index (χ3n) is 8.21. The first-order valence-corrected chi connectivity index (χ1v) is 12.5. The van der Waals surface area contributed by atoms with Crippen molar-refractivity contribution in [3.63, 3.8) is 0 Å². The van der Waals surface area contributed by atoms with Gasteiger partial charge in [0.05, 0.1) is 19.8 Å². The summed E-state index contributed by atoms with van der Waals surface area (Å²) in [5, 5.41) is 14.1. The molecule has 2 aliphatic heterocycles. The van der Waals surface area contributed by atoms with Crippen molar-refractivity contribution in [1.82, 2.24) is 10.2 Å². The lowest BCUT2D eigenvalue weighted by atomic mass is 9.41. The van der Waals surface area contributed by atoms with Crippen LogP contribution in [0.3, 0.4) is 0 Å². The first kappa shape index (κ1) is 23.7. The monoisotopic (exact) mass is 474 g/mol. The number of ether oxygens (including phenoxy) is 4. The Labute approximate surface area is 201 Å². The van der Waals surface area contributed by atoms with E-state index in [1.165, 1.54) is 5.56 Å². The van der Waals surface area contributed by atoms with Gasteiger partial charge in [0.25, 0.3) is 0 Å². The Kier molecular flexibility index (Phi) is 5.77. The van der Waals surface area contributed by atoms with Crippen LogP contribution < -0.4 is 10.1 Å². The number of likely N-dealkylation sites (N-methyl/N-ethyl adjacent to an activating group) is 1. The molecule has 0 aromatic heterocycles. The van der Waals surface area contributed by atoms with Crippen LogP contribution in [0.4, 0.5) is 4.79 Å². The zero-order valence-electron chi connectivity index (χ0n) is 21.0. The van der Waals surface area contributed by atoms with Crippen LogP contribution in [0.5, 0.6) is 11.5 Å². The minimum absolute atomic E-state index is 0.173. The van der Waals surface area contributed by atoms with Gasteiger partial charge in [-0.1, -0.05) is 13.0 Å². The molecule has 188 valence electrons. The fraction of sp³-hybridized carbons (Fsp3) is 0.731. The van der Waals surface area contributed by atoms with E-state index in [4.69, 9.17) is 18.9 Å². The number of carbonyl (C=O) groups is 1. The van der Waals surface area contributed by atoms with Crippen molar-refractivity contribution in [2.75, 3.05) is 33.4 Å². The molecule has 2 N–H and O–H groups in total.